The molecule has 0 aliphatic heterocycles. The molecule has 5 heteroatoms. The van der Waals surface area contributed by atoms with E-state index in [2.05, 4.69) is 193 Å². The molecule has 0 aliphatic rings. The molecule has 3 heterocycles. The van der Waals surface area contributed by atoms with Gasteiger partial charge in [0, 0.05) is 60.4 Å². The van der Waals surface area contributed by atoms with Gasteiger partial charge >= 0.3 is 0 Å². The van der Waals surface area contributed by atoms with Gasteiger partial charge in [-0.1, -0.05) is 200 Å². The van der Waals surface area contributed by atoms with Crippen molar-refractivity contribution < 1.29 is 0 Å². The Morgan fingerprint density at radius 1 is 0.270 bits per heavy atom. The van der Waals surface area contributed by atoms with Gasteiger partial charge in [0.15, 0.2) is 17.5 Å². The summed E-state index contributed by atoms with van der Waals surface area (Å²) in [5, 5.41) is 5.86. The molecule has 9 aromatic carbocycles. The second-order valence-corrected chi connectivity index (χ2v) is 15.8. The third-order valence-corrected chi connectivity index (χ3v) is 12.1. The van der Waals surface area contributed by atoms with Gasteiger partial charge in [0.1, 0.15) is 0 Å². The lowest BCUT2D eigenvalue weighted by Crippen LogP contribution is -2.00. The molecule has 0 aliphatic carbocycles. The van der Waals surface area contributed by atoms with E-state index in [-0.39, 0.29) is 0 Å². The van der Waals surface area contributed by atoms with E-state index in [0.717, 1.165) is 72.1 Å². The predicted octanol–water partition coefficient (Wildman–Crippen LogP) is 14.7. The highest BCUT2D eigenvalue weighted by molar-refractivity contribution is 6.30. The lowest BCUT2D eigenvalue weighted by Gasteiger charge is -2.15. The van der Waals surface area contributed by atoms with Gasteiger partial charge in [0.05, 0.1) is 22.2 Å². The minimum absolute atomic E-state index is 0.614. The highest BCUT2D eigenvalue weighted by Crippen LogP contribution is 2.44. The fraction of sp³-hybridized carbons (Fsp3) is 0. The highest BCUT2D eigenvalue weighted by Gasteiger charge is 2.21. The van der Waals surface area contributed by atoms with Crippen LogP contribution in [0.5, 0.6) is 0 Å². The van der Waals surface area contributed by atoms with E-state index in [1.54, 1.807) is 0 Å². The Balaban J connectivity index is 1.03. The summed E-state index contributed by atoms with van der Waals surface area (Å²) < 4.78 is 2.39. The van der Waals surface area contributed by atoms with Crippen molar-refractivity contribution in [2.24, 2.45) is 0 Å². The van der Waals surface area contributed by atoms with E-state index in [9.17, 15) is 0 Å². The molecule has 0 bridgehead atoms. The summed E-state index contributed by atoms with van der Waals surface area (Å²) in [4.78, 5) is 20.7. The molecule has 294 valence electrons. The molecule has 0 amide bonds. The average molecular weight is 804 g/mol. The van der Waals surface area contributed by atoms with Crippen LogP contribution in [0.3, 0.4) is 0 Å². The summed E-state index contributed by atoms with van der Waals surface area (Å²) in [6.45, 7) is 0. The Morgan fingerprint density at radius 3 is 1.38 bits per heavy atom. The fourth-order valence-corrected chi connectivity index (χ4v) is 9.07. The van der Waals surface area contributed by atoms with Crippen LogP contribution in [0.1, 0.15) is 0 Å². The monoisotopic (exact) mass is 803 g/mol. The summed E-state index contributed by atoms with van der Waals surface area (Å²) in [6, 6.07) is 78.6. The number of hydrogen-bond acceptors (Lipinski definition) is 4. The second-order valence-electron chi connectivity index (χ2n) is 15.8. The number of hydrogen-bond donors (Lipinski definition) is 0. The fourth-order valence-electron chi connectivity index (χ4n) is 9.07. The molecule has 0 N–H and O–H groups in total. The molecule has 0 saturated carbocycles. The van der Waals surface area contributed by atoms with Crippen molar-refractivity contribution in [3.8, 4) is 73.4 Å². The van der Waals surface area contributed by atoms with Crippen LogP contribution in [0.15, 0.2) is 224 Å². The molecule has 0 unspecified atom stereocenters. The Labute approximate surface area is 364 Å². The normalized spacial score (nSPS) is 11.5. The van der Waals surface area contributed by atoms with Crippen molar-refractivity contribution in [1.29, 1.82) is 0 Å². The average Bonchev–Trinajstić information content (AvgIpc) is 3.71. The minimum Gasteiger partial charge on any atom is -0.309 e. The van der Waals surface area contributed by atoms with E-state index < -0.39 is 0 Å². The zero-order valence-electron chi connectivity index (χ0n) is 34.1. The molecule has 0 fully saturated rings. The number of pyridine rings is 1. The van der Waals surface area contributed by atoms with Gasteiger partial charge in [0.25, 0.3) is 0 Å². The topological polar surface area (TPSA) is 56.5 Å². The number of rotatable bonds is 7. The van der Waals surface area contributed by atoms with Gasteiger partial charge in [0.2, 0.25) is 0 Å². The van der Waals surface area contributed by atoms with Gasteiger partial charge in [-0.25, -0.2) is 19.9 Å². The molecule has 0 spiro atoms. The molecule has 12 aromatic rings. The van der Waals surface area contributed by atoms with Crippen molar-refractivity contribution in [3.05, 3.63) is 224 Å². The van der Waals surface area contributed by atoms with Crippen molar-refractivity contribution in [3.63, 3.8) is 0 Å². The number of fused-ring (bicyclic) bond motifs is 7. The Morgan fingerprint density at radius 2 is 0.746 bits per heavy atom. The summed E-state index contributed by atoms with van der Waals surface area (Å²) in [6.07, 6.45) is 0. The molecule has 0 saturated heterocycles. The van der Waals surface area contributed by atoms with Crippen LogP contribution in [0.4, 0.5) is 0 Å². The maximum Gasteiger partial charge on any atom is 0.164 e. The zero-order valence-corrected chi connectivity index (χ0v) is 34.1. The van der Waals surface area contributed by atoms with E-state index in [1.165, 1.54) is 27.2 Å². The summed E-state index contributed by atoms with van der Waals surface area (Å²) in [5.74, 6) is 1.87. The van der Waals surface area contributed by atoms with Crippen molar-refractivity contribution in [2.45, 2.75) is 0 Å². The van der Waals surface area contributed by atoms with Gasteiger partial charge in [-0.15, -0.1) is 0 Å². The van der Waals surface area contributed by atoms with E-state index >= 15 is 0 Å². The van der Waals surface area contributed by atoms with Crippen LogP contribution in [0, 0.1) is 0 Å². The Bertz CT molecular complexity index is 3620. The van der Waals surface area contributed by atoms with Gasteiger partial charge in [-0.3, -0.25) is 0 Å². The maximum atomic E-state index is 5.56. The lowest BCUT2D eigenvalue weighted by molar-refractivity contribution is 1.07. The first kappa shape index (κ1) is 36.3. The summed E-state index contributed by atoms with van der Waals surface area (Å²) >= 11 is 0. The number of aromatic nitrogens is 5. The van der Waals surface area contributed by atoms with Crippen molar-refractivity contribution in [2.75, 3.05) is 0 Å². The van der Waals surface area contributed by atoms with E-state index in [4.69, 9.17) is 19.9 Å². The Hall–Kier alpha value is -8.54. The number of nitrogens with zero attached hydrogens (tertiary/aromatic N) is 5. The molecule has 63 heavy (non-hydrogen) atoms. The molecular weight excluding hydrogens is 767 g/mol. The van der Waals surface area contributed by atoms with E-state index in [0.29, 0.717) is 17.5 Å². The third-order valence-electron chi connectivity index (χ3n) is 12.1. The van der Waals surface area contributed by atoms with Gasteiger partial charge < -0.3 is 4.57 Å². The number of para-hydroxylation sites is 3. The van der Waals surface area contributed by atoms with Crippen LogP contribution in [-0.4, -0.2) is 24.5 Å². The molecular formula is C58H37N5. The van der Waals surface area contributed by atoms with Crippen LogP contribution in [0.2, 0.25) is 0 Å². The third kappa shape index (κ3) is 6.34. The minimum atomic E-state index is 0.614. The maximum absolute atomic E-state index is 5.56. The predicted molar refractivity (Wildman–Crippen MR) is 260 cm³/mol. The van der Waals surface area contributed by atoms with Crippen LogP contribution >= 0.6 is 0 Å². The smallest absolute Gasteiger partial charge is 0.164 e. The summed E-state index contributed by atoms with van der Waals surface area (Å²) in [7, 11) is 0. The van der Waals surface area contributed by atoms with Crippen LogP contribution in [-0.2, 0) is 0 Å². The van der Waals surface area contributed by atoms with Crippen LogP contribution in [0.25, 0.3) is 117 Å². The molecule has 3 aromatic heterocycles. The van der Waals surface area contributed by atoms with Crippen molar-refractivity contribution >= 4 is 43.5 Å². The largest absolute Gasteiger partial charge is 0.309 e. The first-order valence-electron chi connectivity index (χ1n) is 21.2. The first-order valence-corrected chi connectivity index (χ1v) is 21.2. The molecule has 5 nitrogen and oxygen atoms in total. The second kappa shape index (κ2) is 15.2. The first-order chi connectivity index (χ1) is 31.2. The standard InChI is InChI=1S/C58H37N5/c1-5-16-38(17-6-1)39-28-32-43(33-29-39)57-60-56(42-20-9-3-10-21-42)61-58(62-57)44-34-30-40(31-35-44)46-25-15-26-48-52-49(54(59-55(46)48)41-18-7-2-8-19-41)36-37-51-53(52)47-24-13-14-27-50(47)63(51)45-22-11-4-12-23-45/h1-37H. The quantitative estimate of drug-likeness (QED) is 0.151. The van der Waals surface area contributed by atoms with Crippen LogP contribution < -0.4 is 0 Å². The van der Waals surface area contributed by atoms with E-state index in [1.807, 2.05) is 36.4 Å². The van der Waals surface area contributed by atoms with Gasteiger partial charge in [-0.05, 0) is 41.0 Å². The number of benzene rings is 9. The van der Waals surface area contributed by atoms with Gasteiger partial charge in [-0.2, -0.15) is 0 Å². The van der Waals surface area contributed by atoms with Crippen molar-refractivity contribution in [1.82, 2.24) is 24.5 Å². The lowest BCUT2D eigenvalue weighted by atomic mass is 9.93. The Kier molecular flexibility index (Phi) is 8.75. The highest BCUT2D eigenvalue weighted by atomic mass is 15.0. The SMILES string of the molecule is c1ccc(-c2ccc(-c3nc(-c4ccccc4)nc(-c4ccc(-c5cccc6c5nc(-c5ccccc5)c5ccc7c(c8ccccc8n7-c7ccccc7)c56)cc4)n3)cc2)cc1. The zero-order chi connectivity index (χ0) is 41.7. The molecule has 0 atom stereocenters. The molecule has 0 radical (unpaired) electrons. The molecule has 12 rings (SSSR count). The summed E-state index contributed by atoms with van der Waals surface area (Å²) in [5.41, 5.74) is 13.6.